The first-order valence-corrected chi connectivity index (χ1v) is 9.17. The molecule has 1 aliphatic rings. The Morgan fingerprint density at radius 1 is 1.30 bits per heavy atom. The van der Waals surface area contributed by atoms with Gasteiger partial charge in [-0.15, -0.1) is 0 Å². The van der Waals surface area contributed by atoms with Crippen LogP contribution in [0.5, 0.6) is 0 Å². The fourth-order valence-electron chi connectivity index (χ4n) is 2.99. The number of hydrogen-bond acceptors (Lipinski definition) is 3. The largest absolute Gasteiger partial charge is 0.391 e. The Morgan fingerprint density at radius 3 is 2.48 bits per heavy atom. The van der Waals surface area contributed by atoms with E-state index in [1.165, 1.54) is 25.7 Å². The number of β-amino-alcohol motifs (C(OH)–C–C–N with tert-alkyl or cyclic N) is 1. The topological polar surface area (TPSA) is 52.6 Å². The highest BCUT2D eigenvalue weighted by Crippen LogP contribution is 2.24. The Hall–Kier alpha value is -1.03. The number of amides is 1. The molecule has 1 fully saturated rings. The highest BCUT2D eigenvalue weighted by Gasteiger charge is 2.36. The number of unbranched alkanes of at least 4 members (excludes halogenated alkanes) is 4. The quantitative estimate of drug-likeness (QED) is 0.639. The fraction of sp³-hybridized carbons (Fsp3) is 0.842. The molecule has 1 amide bonds. The molecule has 0 bridgehead atoms. The van der Waals surface area contributed by atoms with Gasteiger partial charge in [0, 0.05) is 18.8 Å². The molecule has 1 aliphatic heterocycles. The molecule has 0 radical (unpaired) electrons. The summed E-state index contributed by atoms with van der Waals surface area (Å²) >= 11 is 0. The molecule has 1 saturated heterocycles. The lowest BCUT2D eigenvalue weighted by Gasteiger charge is -2.34. The smallest absolute Gasteiger partial charge is 0.245 e. The highest BCUT2D eigenvalue weighted by atomic mass is 16.3. The third kappa shape index (κ3) is 6.94. The Kier molecular flexibility index (Phi) is 8.10. The minimum Gasteiger partial charge on any atom is -0.391 e. The Labute approximate surface area is 142 Å². The normalized spacial score (nSPS) is 19.7. The van der Waals surface area contributed by atoms with Crippen molar-refractivity contribution in [3.05, 3.63) is 12.3 Å². The molecule has 0 spiro atoms. The van der Waals surface area contributed by atoms with Gasteiger partial charge in [0.15, 0.2) is 0 Å². The zero-order valence-electron chi connectivity index (χ0n) is 15.5. The second kappa shape index (κ2) is 9.31. The van der Waals surface area contributed by atoms with Crippen molar-refractivity contribution in [2.45, 2.75) is 84.8 Å². The van der Waals surface area contributed by atoms with Gasteiger partial charge in [-0.3, -0.25) is 4.79 Å². The molecule has 0 saturated carbocycles. The van der Waals surface area contributed by atoms with Crippen LogP contribution < -0.4 is 5.32 Å². The number of nitrogens with one attached hydrogen (secondary N) is 1. The average molecular weight is 325 g/mol. The van der Waals surface area contributed by atoms with Gasteiger partial charge in [0.05, 0.1) is 6.10 Å². The molecule has 23 heavy (non-hydrogen) atoms. The Bertz CT molecular complexity index is 387. The summed E-state index contributed by atoms with van der Waals surface area (Å²) in [5.74, 6) is 0.0844. The van der Waals surface area contributed by atoms with Gasteiger partial charge in [0.1, 0.15) is 6.04 Å². The fourth-order valence-corrected chi connectivity index (χ4v) is 2.99. The van der Waals surface area contributed by atoms with Gasteiger partial charge in [0.25, 0.3) is 0 Å². The lowest BCUT2D eigenvalue weighted by Crippen LogP contribution is -2.52. The molecule has 0 aromatic carbocycles. The molecule has 1 rings (SSSR count). The Balaban J connectivity index is 2.51. The summed E-state index contributed by atoms with van der Waals surface area (Å²) in [6.07, 6.45) is 7.40. The van der Waals surface area contributed by atoms with E-state index in [0.717, 1.165) is 18.5 Å². The van der Waals surface area contributed by atoms with Crippen molar-refractivity contribution in [3.8, 4) is 0 Å². The summed E-state index contributed by atoms with van der Waals surface area (Å²) in [4.78, 5) is 14.6. The molecule has 2 N–H and O–H groups in total. The van der Waals surface area contributed by atoms with E-state index in [1.54, 1.807) is 4.90 Å². The molecular weight excluding hydrogens is 288 g/mol. The van der Waals surface area contributed by atoms with Gasteiger partial charge < -0.3 is 15.3 Å². The monoisotopic (exact) mass is 324 g/mol. The Morgan fingerprint density at radius 2 is 1.96 bits per heavy atom. The molecular formula is C19H36N2O2. The summed E-state index contributed by atoms with van der Waals surface area (Å²) in [6.45, 7) is 13.7. The van der Waals surface area contributed by atoms with Crippen LogP contribution in [0.4, 0.5) is 0 Å². The van der Waals surface area contributed by atoms with E-state index >= 15 is 0 Å². The number of nitrogens with zero attached hydrogens (tertiary/aromatic N) is 1. The minimum atomic E-state index is -0.374. The summed E-state index contributed by atoms with van der Waals surface area (Å²) in [5.41, 5.74) is 0.769. The molecule has 1 unspecified atom stereocenters. The van der Waals surface area contributed by atoms with Crippen molar-refractivity contribution in [2.24, 2.45) is 5.41 Å². The van der Waals surface area contributed by atoms with E-state index in [4.69, 9.17) is 0 Å². The number of allylic oxidation sites excluding steroid dienone is 1. The van der Waals surface area contributed by atoms with Gasteiger partial charge in [-0.05, 0) is 24.7 Å². The zero-order valence-corrected chi connectivity index (χ0v) is 15.5. The van der Waals surface area contributed by atoms with Crippen LogP contribution in [0, 0.1) is 5.41 Å². The number of aliphatic hydroxyl groups is 1. The van der Waals surface area contributed by atoms with Crippen LogP contribution in [0.15, 0.2) is 12.3 Å². The van der Waals surface area contributed by atoms with Gasteiger partial charge in [0.2, 0.25) is 5.91 Å². The third-order valence-corrected chi connectivity index (χ3v) is 4.52. The number of aliphatic hydroxyl groups excluding tert-OH is 1. The van der Waals surface area contributed by atoms with Crippen molar-refractivity contribution in [2.75, 3.05) is 13.1 Å². The standard InChI is InChI=1S/C19H36N2O2/c1-6-7-8-9-10-11-15(2)20-17(19(3,4)5)18(23)21-13-12-16(22)14-21/h16-17,20,22H,2,6-14H2,1,3-5H3/t16?,17-/m1/s1. The summed E-state index contributed by atoms with van der Waals surface area (Å²) in [7, 11) is 0. The van der Waals surface area contributed by atoms with Crippen molar-refractivity contribution in [1.82, 2.24) is 10.2 Å². The lowest BCUT2D eigenvalue weighted by atomic mass is 9.85. The van der Waals surface area contributed by atoms with Gasteiger partial charge in [-0.1, -0.05) is 60.0 Å². The van der Waals surface area contributed by atoms with E-state index in [9.17, 15) is 9.90 Å². The number of likely N-dealkylation sites (tertiary alicyclic amines) is 1. The number of hydrogen-bond donors (Lipinski definition) is 2. The lowest BCUT2D eigenvalue weighted by molar-refractivity contribution is -0.135. The number of carbonyl (C=O) groups excluding carboxylic acids is 1. The second-order valence-electron chi connectivity index (χ2n) is 7.94. The van der Waals surface area contributed by atoms with E-state index in [-0.39, 0.29) is 23.5 Å². The van der Waals surface area contributed by atoms with Crippen molar-refractivity contribution in [1.29, 1.82) is 0 Å². The molecule has 0 aromatic heterocycles. The molecule has 4 heteroatoms. The van der Waals surface area contributed by atoms with Crippen molar-refractivity contribution in [3.63, 3.8) is 0 Å². The van der Waals surface area contributed by atoms with E-state index in [2.05, 4.69) is 39.6 Å². The second-order valence-corrected chi connectivity index (χ2v) is 7.94. The van der Waals surface area contributed by atoms with Crippen LogP contribution in [0.2, 0.25) is 0 Å². The van der Waals surface area contributed by atoms with Gasteiger partial charge in [-0.2, -0.15) is 0 Å². The van der Waals surface area contributed by atoms with E-state index in [0.29, 0.717) is 19.5 Å². The van der Waals surface area contributed by atoms with Gasteiger partial charge in [-0.25, -0.2) is 0 Å². The predicted molar refractivity (Wildman–Crippen MR) is 96.1 cm³/mol. The van der Waals surface area contributed by atoms with Crippen molar-refractivity contribution >= 4 is 5.91 Å². The third-order valence-electron chi connectivity index (χ3n) is 4.52. The van der Waals surface area contributed by atoms with Crippen LogP contribution in [-0.2, 0) is 4.79 Å². The summed E-state index contributed by atoms with van der Waals surface area (Å²) in [5, 5.41) is 13.0. The SMILES string of the molecule is C=C(CCCCCCC)N[C@H](C(=O)N1CCC(O)C1)C(C)(C)C. The van der Waals surface area contributed by atoms with Crippen LogP contribution in [0.1, 0.15) is 72.6 Å². The molecule has 0 aliphatic carbocycles. The summed E-state index contributed by atoms with van der Waals surface area (Å²) in [6, 6.07) is -0.282. The first-order valence-electron chi connectivity index (χ1n) is 9.17. The molecule has 1 heterocycles. The number of rotatable bonds is 9. The molecule has 0 aromatic rings. The molecule has 2 atom stereocenters. The van der Waals surface area contributed by atoms with Crippen LogP contribution in [-0.4, -0.2) is 41.1 Å². The summed E-state index contributed by atoms with van der Waals surface area (Å²) < 4.78 is 0. The first kappa shape index (κ1) is 20.0. The minimum absolute atomic E-state index is 0.0844. The van der Waals surface area contributed by atoms with Crippen LogP contribution >= 0.6 is 0 Å². The maximum absolute atomic E-state index is 12.8. The van der Waals surface area contributed by atoms with Crippen LogP contribution in [0.25, 0.3) is 0 Å². The number of carbonyl (C=O) groups is 1. The van der Waals surface area contributed by atoms with E-state index in [1.807, 2.05) is 0 Å². The van der Waals surface area contributed by atoms with Crippen molar-refractivity contribution < 1.29 is 9.90 Å². The average Bonchev–Trinajstić information content (AvgIpc) is 2.89. The molecule has 134 valence electrons. The maximum Gasteiger partial charge on any atom is 0.245 e. The predicted octanol–water partition coefficient (Wildman–Crippen LogP) is 3.46. The van der Waals surface area contributed by atoms with Crippen LogP contribution in [0.3, 0.4) is 0 Å². The first-order chi connectivity index (χ1) is 10.8. The molecule has 4 nitrogen and oxygen atoms in total. The highest BCUT2D eigenvalue weighted by molar-refractivity contribution is 5.83. The van der Waals surface area contributed by atoms with E-state index < -0.39 is 0 Å². The zero-order chi connectivity index (χ0) is 17.5. The maximum atomic E-state index is 12.8. The van der Waals surface area contributed by atoms with Gasteiger partial charge >= 0.3 is 0 Å².